The summed E-state index contributed by atoms with van der Waals surface area (Å²) in [5.74, 6) is -1.69. The van der Waals surface area contributed by atoms with Crippen molar-refractivity contribution in [3.05, 3.63) is 189 Å². The molecule has 8 N–H and O–H groups in total. The first-order chi connectivity index (χ1) is 45.9. The van der Waals surface area contributed by atoms with Crippen LogP contribution in [0, 0.1) is 17.3 Å². The number of carbonyl (C=O) groups is 6. The van der Waals surface area contributed by atoms with E-state index in [-0.39, 0.29) is 54.9 Å². The Balaban J connectivity index is 0.701. The Morgan fingerprint density at radius 1 is 0.758 bits per heavy atom. The summed E-state index contributed by atoms with van der Waals surface area (Å²) in [6.45, 7) is 13.3. The molecule has 3 unspecified atom stereocenters. The number of pyridine rings is 1. The van der Waals surface area contributed by atoms with E-state index in [9.17, 15) is 33.9 Å². The highest BCUT2D eigenvalue weighted by molar-refractivity contribution is 6.07. The van der Waals surface area contributed by atoms with Crippen LogP contribution in [0.1, 0.15) is 144 Å². The summed E-state index contributed by atoms with van der Waals surface area (Å²) >= 11 is 0. The highest BCUT2D eigenvalue weighted by Gasteiger charge is 2.48. The van der Waals surface area contributed by atoms with Crippen molar-refractivity contribution >= 4 is 76.5 Å². The molecule has 4 aliphatic heterocycles. The van der Waals surface area contributed by atoms with Gasteiger partial charge < -0.3 is 47.0 Å². The fourth-order valence-corrected chi connectivity index (χ4v) is 13.4. The molecule has 0 bridgehead atoms. The molecule has 4 amide bonds. The molecule has 0 spiro atoms. The smallest absolute Gasteiger partial charge is 0.357 e. The average molecular weight is 1290 g/mol. The van der Waals surface area contributed by atoms with Crippen LogP contribution in [0.2, 0.25) is 0 Å². The number of ether oxygens (including phenoxy) is 1. The molecular weight excluding hydrogens is 1200 g/mol. The maximum absolute atomic E-state index is 13.9. The summed E-state index contributed by atoms with van der Waals surface area (Å²) in [6, 6.07) is 28.7. The predicted molar refractivity (Wildman–Crippen MR) is 368 cm³/mol. The first kappa shape index (κ1) is 68.4. The van der Waals surface area contributed by atoms with E-state index in [2.05, 4.69) is 98.8 Å². The van der Waals surface area contributed by atoms with Crippen molar-refractivity contribution in [2.45, 2.75) is 117 Å². The van der Waals surface area contributed by atoms with Crippen LogP contribution in [0.4, 0.5) is 17.1 Å². The molecule has 10 rings (SSSR count). The first-order valence-electron chi connectivity index (χ1n) is 33.1. The lowest BCUT2D eigenvalue weighted by Gasteiger charge is -2.37. The van der Waals surface area contributed by atoms with Crippen LogP contribution in [-0.4, -0.2) is 142 Å². The molecule has 95 heavy (non-hydrogen) atoms. The number of benzene rings is 4. The summed E-state index contributed by atoms with van der Waals surface area (Å²) in [5, 5.41) is 22.4. The number of likely N-dealkylation sites (tertiary alicyclic amines) is 1. The van der Waals surface area contributed by atoms with Crippen molar-refractivity contribution < 1.29 is 43.4 Å². The quantitative estimate of drug-likeness (QED) is 0.0222. The van der Waals surface area contributed by atoms with Gasteiger partial charge in [0.15, 0.2) is 0 Å². The number of nitrogens with zero attached hydrogens (tertiary/aromatic N) is 7. The molecule has 21 nitrogen and oxygen atoms in total. The van der Waals surface area contributed by atoms with Crippen molar-refractivity contribution in [2.75, 3.05) is 58.2 Å². The number of aryl methyl sites for hydroxylation is 1. The van der Waals surface area contributed by atoms with Crippen LogP contribution in [0.3, 0.4) is 0 Å². The Morgan fingerprint density at radius 3 is 2.13 bits per heavy atom. The van der Waals surface area contributed by atoms with Gasteiger partial charge in [0.2, 0.25) is 11.8 Å². The Hall–Kier alpha value is -9.41. The number of nitrogens with one attached hydrogen (secondary N) is 3. The van der Waals surface area contributed by atoms with E-state index in [1.807, 2.05) is 41.3 Å². The van der Waals surface area contributed by atoms with Crippen molar-refractivity contribution in [3.8, 4) is 0 Å². The number of hydrogen-bond acceptors (Lipinski definition) is 17. The van der Waals surface area contributed by atoms with Crippen LogP contribution in [0.15, 0.2) is 155 Å². The highest BCUT2D eigenvalue weighted by atomic mass is 16.7. The third-order valence-corrected chi connectivity index (χ3v) is 18.2. The minimum Gasteiger partial charge on any atom is -0.469 e. The lowest BCUT2D eigenvalue weighted by molar-refractivity contribution is -0.149. The van der Waals surface area contributed by atoms with Crippen molar-refractivity contribution in [1.29, 1.82) is 0 Å². The van der Waals surface area contributed by atoms with Crippen molar-refractivity contribution in [3.63, 3.8) is 0 Å². The molecule has 5 aliphatic rings. The molecule has 0 saturated carbocycles. The number of aromatic nitrogens is 1. The molecule has 0 radical (unpaired) electrons. The summed E-state index contributed by atoms with van der Waals surface area (Å²) in [7, 11) is 1.43. The van der Waals surface area contributed by atoms with Gasteiger partial charge in [0.05, 0.1) is 41.9 Å². The Bertz CT molecular complexity index is 3840. The van der Waals surface area contributed by atoms with E-state index in [4.69, 9.17) is 21.0 Å². The van der Waals surface area contributed by atoms with E-state index in [0.717, 1.165) is 48.9 Å². The van der Waals surface area contributed by atoms with Gasteiger partial charge in [-0.05, 0) is 146 Å². The van der Waals surface area contributed by atoms with Gasteiger partial charge in [-0.1, -0.05) is 94.4 Å². The fourth-order valence-electron chi connectivity index (χ4n) is 13.4. The number of allylic oxidation sites excluding steroid dienone is 4. The zero-order valence-corrected chi connectivity index (χ0v) is 55.0. The second kappa shape index (κ2) is 31.7. The number of aliphatic hydroxyl groups is 1. The second-order valence-corrected chi connectivity index (χ2v) is 25.5. The lowest BCUT2D eigenvalue weighted by atomic mass is 9.68. The van der Waals surface area contributed by atoms with E-state index in [1.165, 1.54) is 23.9 Å². The summed E-state index contributed by atoms with van der Waals surface area (Å²) in [6.07, 6.45) is 18.2. The van der Waals surface area contributed by atoms with Gasteiger partial charge in [0.25, 0.3) is 11.8 Å². The monoisotopic (exact) mass is 1290 g/mol. The summed E-state index contributed by atoms with van der Waals surface area (Å²) < 4.78 is 5.40. The highest BCUT2D eigenvalue weighted by Crippen LogP contribution is 2.46. The number of aliphatic hydroxyl groups excluding tert-OH is 1. The Kier molecular flexibility index (Phi) is 22.8. The molecule has 1 aliphatic carbocycles. The first-order valence-corrected chi connectivity index (χ1v) is 33.1. The van der Waals surface area contributed by atoms with Crippen molar-refractivity contribution in [1.82, 2.24) is 35.4 Å². The van der Waals surface area contributed by atoms with E-state index in [0.29, 0.717) is 139 Å². The summed E-state index contributed by atoms with van der Waals surface area (Å²) in [4.78, 5) is 106. The number of carbonyl (C=O) groups excluding carboxylic acids is 6. The molecule has 2 saturated heterocycles. The average Bonchev–Trinajstić information content (AvgIpc) is 1.70. The number of hydroxylamine groups is 2. The van der Waals surface area contributed by atoms with E-state index in [1.54, 1.807) is 66.9 Å². The molecule has 5 aromatic rings. The number of rotatable bonds is 26. The molecular formula is C74H88N12O9. The number of fused-ring (bicyclic) bond motifs is 2. The van der Waals surface area contributed by atoms with Crippen LogP contribution >= 0.6 is 0 Å². The maximum Gasteiger partial charge on any atom is 0.357 e. The molecule has 1 aromatic heterocycles. The minimum absolute atomic E-state index is 0.0520. The number of amidine groups is 2. The van der Waals surface area contributed by atoms with E-state index >= 15 is 0 Å². The zero-order chi connectivity index (χ0) is 67.2. The van der Waals surface area contributed by atoms with Crippen LogP contribution in [0.25, 0.3) is 12.2 Å². The third-order valence-electron chi connectivity index (χ3n) is 18.2. The number of amides is 4. The van der Waals surface area contributed by atoms with Gasteiger partial charge >= 0.3 is 11.9 Å². The molecule has 21 heteroatoms. The van der Waals surface area contributed by atoms with Gasteiger partial charge in [-0.3, -0.25) is 38.8 Å². The van der Waals surface area contributed by atoms with Gasteiger partial charge in [0.1, 0.15) is 23.9 Å². The number of methoxy groups -OCH3 is 1. The molecule has 4 aromatic carbocycles. The number of hydrogen-bond donors (Lipinski definition) is 6. The van der Waals surface area contributed by atoms with E-state index < -0.39 is 29.6 Å². The molecule has 2 fully saturated rings. The van der Waals surface area contributed by atoms with Gasteiger partial charge in [-0.25, -0.2) is 14.8 Å². The topological polar surface area (TPSA) is 280 Å². The van der Waals surface area contributed by atoms with Crippen molar-refractivity contribution in [2.24, 2.45) is 38.7 Å². The Labute approximate surface area is 556 Å². The van der Waals surface area contributed by atoms with Gasteiger partial charge in [-0.15, -0.1) is 5.06 Å². The largest absolute Gasteiger partial charge is 0.469 e. The van der Waals surface area contributed by atoms with Crippen LogP contribution in [0.5, 0.6) is 0 Å². The fraction of sp³-hybridized carbons (Fsp3) is 0.392. The van der Waals surface area contributed by atoms with Crippen LogP contribution < -0.4 is 27.4 Å². The SMILES string of the molecule is CCCN(CCC)C(=O)C1=Cc2ccc(C(=O)NC3=CC=CC(C)([C@H]4CN(Cc5ccc(CCCN(CCC)C(O)C6=Cc7ccc(C(=O)Nc8cncc(CNC(=O)C9CCCN9OC(=O)c9ccccc9)c8)cc7N=C(N)C6)cc5)C[C@@H]4C(=O)OC)C3)cc2N=C(N)C1. The predicted octanol–water partition coefficient (Wildman–Crippen LogP) is 9.55. The molecule has 498 valence electrons. The second-order valence-electron chi connectivity index (χ2n) is 25.5. The Morgan fingerprint density at radius 2 is 1.43 bits per heavy atom. The number of nitrogens with two attached hydrogens (primary N) is 2. The summed E-state index contributed by atoms with van der Waals surface area (Å²) in [5.41, 5.74) is 21.4. The maximum atomic E-state index is 13.9. The number of aliphatic imine (C=N–C) groups is 2. The zero-order valence-electron chi connectivity index (χ0n) is 55.0. The number of esters is 1. The van der Waals surface area contributed by atoms with Gasteiger partial charge in [-0.2, -0.15) is 0 Å². The number of anilines is 1. The molecule has 5 atom stereocenters. The van der Waals surface area contributed by atoms with Gasteiger partial charge in [0, 0.05) is 111 Å². The van der Waals surface area contributed by atoms with Crippen LogP contribution in [-0.2, 0) is 43.5 Å². The standard InChI is InChI=1S/C74H88N12O9/c1-6-29-84(30-7-2)70(90)56-35-52-24-26-54(37-62(52)81-65(75)39-56)67(87)79-58-18-12-28-74(4,41-58)61-47-83(46-60(61)73(93)94-5)45-49-22-20-48(21-23-49)15-13-32-85(31-8-3)71(91)57-36-53-25-27-55(38-63(53)82-66(76)40-57)68(88)80-59-34-50(42-77-44-59)43-78-69(89)64-19-14-33-86(64)95-72(92)51-16-10-9-11-17-51/h9-12,16-18,20-28,34-38,42,44,60-61,64,71,91H,6-8,13-15,19,29-33,39-41,43,45-47H2,1-5H3,(H2,75,81)(H2,76,82)(H,78,89)(H,79,87)(H,80,88)/t60-,61-,64?,71?,74?/m0/s1. The minimum atomic E-state index is -0.926. The lowest BCUT2D eigenvalue weighted by Crippen LogP contribution is -2.43. The molecule has 5 heterocycles. The normalized spacial score (nSPS) is 19.7. The third kappa shape index (κ3) is 17.3.